The summed E-state index contributed by atoms with van der Waals surface area (Å²) in [6, 6.07) is 17.8. The van der Waals surface area contributed by atoms with Crippen LogP contribution in [-0.4, -0.2) is 43.5 Å². The first-order chi connectivity index (χ1) is 11.2. The molecule has 0 spiro atoms. The average Bonchev–Trinajstić information content (AvgIpc) is 2.62. The van der Waals surface area contributed by atoms with Gasteiger partial charge in [0.25, 0.3) is 0 Å². The second kappa shape index (κ2) is 7.38. The highest BCUT2D eigenvalue weighted by Gasteiger charge is 2.20. The van der Waals surface area contributed by atoms with Crippen LogP contribution in [0.3, 0.4) is 0 Å². The molecule has 1 fully saturated rings. The Balaban J connectivity index is 1.50. The van der Waals surface area contributed by atoms with Crippen molar-refractivity contribution in [3.8, 4) is 0 Å². The third-order valence-corrected chi connectivity index (χ3v) is 4.39. The molecule has 1 aliphatic rings. The van der Waals surface area contributed by atoms with Crippen LogP contribution in [0.4, 0.5) is 11.4 Å². The maximum atomic E-state index is 12.3. The molecule has 3 rings (SSSR count). The van der Waals surface area contributed by atoms with Gasteiger partial charge >= 0.3 is 0 Å². The number of hydrogen-bond donors (Lipinski definition) is 1. The standard InChI is InChI=1S/C18H20ClN3O/c19-16-8-4-5-9-17(16)20-14-18(23)22-12-10-21(11-13-22)15-6-2-1-3-7-15/h1-9,20H,10-14H2. The van der Waals surface area contributed by atoms with Crippen molar-refractivity contribution in [3.63, 3.8) is 0 Å². The van der Waals surface area contributed by atoms with Crippen molar-refractivity contribution >= 4 is 28.9 Å². The maximum Gasteiger partial charge on any atom is 0.241 e. The molecule has 4 nitrogen and oxygen atoms in total. The van der Waals surface area contributed by atoms with Gasteiger partial charge in [-0.05, 0) is 24.3 Å². The van der Waals surface area contributed by atoms with E-state index < -0.39 is 0 Å². The molecule has 0 unspecified atom stereocenters. The third-order valence-electron chi connectivity index (χ3n) is 4.06. The Morgan fingerprint density at radius 3 is 2.30 bits per heavy atom. The molecule has 0 radical (unpaired) electrons. The molecule has 23 heavy (non-hydrogen) atoms. The predicted molar refractivity (Wildman–Crippen MR) is 95.2 cm³/mol. The highest BCUT2D eigenvalue weighted by molar-refractivity contribution is 6.33. The number of carbonyl (C=O) groups excluding carboxylic acids is 1. The summed E-state index contributed by atoms with van der Waals surface area (Å²) in [6.45, 7) is 3.49. The Labute approximate surface area is 141 Å². The molecular formula is C18H20ClN3O. The van der Waals surface area contributed by atoms with Gasteiger partial charge in [-0.15, -0.1) is 0 Å². The first-order valence-corrected chi connectivity index (χ1v) is 8.18. The number of carbonyl (C=O) groups is 1. The second-order valence-corrected chi connectivity index (χ2v) is 5.94. The van der Waals surface area contributed by atoms with Crippen molar-refractivity contribution in [2.45, 2.75) is 0 Å². The summed E-state index contributed by atoms with van der Waals surface area (Å²) in [5, 5.41) is 3.75. The van der Waals surface area contributed by atoms with E-state index in [2.05, 4.69) is 22.3 Å². The van der Waals surface area contributed by atoms with E-state index in [1.54, 1.807) is 0 Å². The summed E-state index contributed by atoms with van der Waals surface area (Å²) in [4.78, 5) is 16.5. The van der Waals surface area contributed by atoms with Gasteiger partial charge < -0.3 is 15.1 Å². The molecule has 1 aliphatic heterocycles. The zero-order valence-electron chi connectivity index (χ0n) is 12.9. The Bertz CT molecular complexity index is 654. The molecule has 1 N–H and O–H groups in total. The average molecular weight is 330 g/mol. The van der Waals surface area contributed by atoms with Gasteiger partial charge in [0.1, 0.15) is 0 Å². The van der Waals surface area contributed by atoms with Crippen molar-refractivity contribution in [2.75, 3.05) is 42.9 Å². The predicted octanol–water partition coefficient (Wildman–Crippen LogP) is 3.10. The number of piperazine rings is 1. The van der Waals surface area contributed by atoms with Crippen LogP contribution in [0.25, 0.3) is 0 Å². The van der Waals surface area contributed by atoms with Crippen LogP contribution in [0.1, 0.15) is 0 Å². The summed E-state index contributed by atoms with van der Waals surface area (Å²) in [5.41, 5.74) is 2.01. The molecule has 2 aromatic rings. The Hall–Kier alpha value is -2.20. The fraction of sp³-hybridized carbons (Fsp3) is 0.278. The number of para-hydroxylation sites is 2. The van der Waals surface area contributed by atoms with Crippen LogP contribution in [0.5, 0.6) is 0 Å². The minimum absolute atomic E-state index is 0.109. The number of hydrogen-bond acceptors (Lipinski definition) is 3. The van der Waals surface area contributed by atoms with Crippen molar-refractivity contribution in [3.05, 3.63) is 59.6 Å². The molecule has 2 aromatic carbocycles. The van der Waals surface area contributed by atoms with Crippen LogP contribution >= 0.6 is 11.6 Å². The van der Waals surface area contributed by atoms with Crippen molar-refractivity contribution in [1.82, 2.24) is 4.90 Å². The topological polar surface area (TPSA) is 35.6 Å². The monoisotopic (exact) mass is 329 g/mol. The molecule has 0 aliphatic carbocycles. The van der Waals surface area contributed by atoms with Gasteiger partial charge in [0.05, 0.1) is 17.3 Å². The van der Waals surface area contributed by atoms with E-state index in [4.69, 9.17) is 11.6 Å². The summed E-state index contributed by atoms with van der Waals surface area (Å²) in [5.74, 6) is 0.109. The smallest absolute Gasteiger partial charge is 0.241 e. The van der Waals surface area contributed by atoms with Crippen LogP contribution in [0.15, 0.2) is 54.6 Å². The van der Waals surface area contributed by atoms with E-state index in [9.17, 15) is 4.79 Å². The summed E-state index contributed by atoms with van der Waals surface area (Å²) in [7, 11) is 0. The van der Waals surface area contributed by atoms with Crippen LogP contribution in [0.2, 0.25) is 5.02 Å². The van der Waals surface area contributed by atoms with E-state index in [1.807, 2.05) is 47.4 Å². The van der Waals surface area contributed by atoms with Gasteiger partial charge in [-0.2, -0.15) is 0 Å². The van der Waals surface area contributed by atoms with Crippen LogP contribution in [-0.2, 0) is 4.79 Å². The van der Waals surface area contributed by atoms with Gasteiger partial charge in [0.15, 0.2) is 0 Å². The minimum Gasteiger partial charge on any atom is -0.375 e. The maximum absolute atomic E-state index is 12.3. The van der Waals surface area contributed by atoms with Crippen molar-refractivity contribution in [1.29, 1.82) is 0 Å². The molecule has 1 saturated heterocycles. The van der Waals surface area contributed by atoms with Crippen LogP contribution in [0, 0.1) is 0 Å². The number of anilines is 2. The lowest BCUT2D eigenvalue weighted by atomic mass is 10.2. The van der Waals surface area contributed by atoms with E-state index in [0.717, 1.165) is 31.9 Å². The Morgan fingerprint density at radius 2 is 1.61 bits per heavy atom. The van der Waals surface area contributed by atoms with Crippen LogP contribution < -0.4 is 10.2 Å². The lowest BCUT2D eigenvalue weighted by Gasteiger charge is -2.36. The number of benzene rings is 2. The first-order valence-electron chi connectivity index (χ1n) is 7.80. The highest BCUT2D eigenvalue weighted by atomic mass is 35.5. The molecule has 1 amide bonds. The lowest BCUT2D eigenvalue weighted by Crippen LogP contribution is -2.50. The highest BCUT2D eigenvalue weighted by Crippen LogP contribution is 2.20. The van der Waals surface area contributed by atoms with E-state index >= 15 is 0 Å². The van der Waals surface area contributed by atoms with Gasteiger partial charge in [0, 0.05) is 31.9 Å². The summed E-state index contributed by atoms with van der Waals surface area (Å²) < 4.78 is 0. The second-order valence-electron chi connectivity index (χ2n) is 5.54. The molecule has 120 valence electrons. The Morgan fingerprint density at radius 1 is 0.957 bits per heavy atom. The molecule has 5 heteroatoms. The molecule has 1 heterocycles. The SMILES string of the molecule is O=C(CNc1ccccc1Cl)N1CCN(c2ccccc2)CC1. The molecule has 0 aromatic heterocycles. The zero-order valence-corrected chi connectivity index (χ0v) is 13.7. The first kappa shape index (κ1) is 15.7. The summed E-state index contributed by atoms with van der Waals surface area (Å²) >= 11 is 6.09. The number of amides is 1. The van der Waals surface area contributed by atoms with Gasteiger partial charge in [-0.1, -0.05) is 41.9 Å². The normalized spacial score (nSPS) is 14.7. The molecule has 0 atom stereocenters. The molecular weight excluding hydrogens is 310 g/mol. The minimum atomic E-state index is 0.109. The summed E-state index contributed by atoms with van der Waals surface area (Å²) in [6.07, 6.45) is 0. The number of nitrogens with one attached hydrogen (secondary N) is 1. The Kier molecular flexibility index (Phi) is 5.03. The van der Waals surface area contributed by atoms with E-state index in [-0.39, 0.29) is 12.5 Å². The zero-order chi connectivity index (χ0) is 16.1. The molecule has 0 saturated carbocycles. The van der Waals surface area contributed by atoms with Gasteiger partial charge in [0.2, 0.25) is 5.91 Å². The van der Waals surface area contributed by atoms with Gasteiger partial charge in [-0.3, -0.25) is 4.79 Å². The number of halogens is 1. The fourth-order valence-corrected chi connectivity index (χ4v) is 2.94. The number of rotatable bonds is 4. The van der Waals surface area contributed by atoms with Gasteiger partial charge in [-0.25, -0.2) is 0 Å². The number of nitrogens with zero attached hydrogens (tertiary/aromatic N) is 2. The fourth-order valence-electron chi connectivity index (χ4n) is 2.74. The quantitative estimate of drug-likeness (QED) is 0.936. The van der Waals surface area contributed by atoms with Crippen molar-refractivity contribution in [2.24, 2.45) is 0 Å². The van der Waals surface area contributed by atoms with Crippen molar-refractivity contribution < 1.29 is 4.79 Å². The van der Waals surface area contributed by atoms with E-state index in [1.165, 1.54) is 5.69 Å². The molecule has 0 bridgehead atoms. The largest absolute Gasteiger partial charge is 0.375 e. The third kappa shape index (κ3) is 3.96. The van der Waals surface area contributed by atoms with E-state index in [0.29, 0.717) is 5.02 Å². The lowest BCUT2D eigenvalue weighted by molar-refractivity contribution is -0.129.